The van der Waals surface area contributed by atoms with Crippen molar-refractivity contribution in [2.24, 2.45) is 0 Å². The zero-order valence-electron chi connectivity index (χ0n) is 11.2. The molecule has 1 N–H and O–H groups in total. The monoisotopic (exact) mass is 298 g/mol. The second kappa shape index (κ2) is 5.59. The Balaban J connectivity index is 2.45. The summed E-state index contributed by atoms with van der Waals surface area (Å²) < 4.78 is 37.5. The number of aromatic nitrogens is 1. The molecular weight excluding hydrogens is 285 g/mol. The second-order valence-electron chi connectivity index (χ2n) is 4.48. The molecule has 0 atom stereocenters. The maximum Gasteiger partial charge on any atom is 0.405 e. The molecule has 0 spiro atoms. The number of benzene rings is 1. The molecule has 2 aromatic rings. The van der Waals surface area contributed by atoms with Gasteiger partial charge in [-0.25, -0.2) is 9.78 Å². The van der Waals surface area contributed by atoms with E-state index in [0.717, 1.165) is 4.90 Å². The van der Waals surface area contributed by atoms with Crippen molar-refractivity contribution in [3.05, 3.63) is 35.9 Å². The number of carboxylic acids is 1. The lowest BCUT2D eigenvalue weighted by atomic mass is 10.1. The van der Waals surface area contributed by atoms with Crippen LogP contribution in [0, 0.1) is 0 Å². The number of halogens is 3. The molecule has 0 aliphatic rings. The van der Waals surface area contributed by atoms with Gasteiger partial charge in [-0.2, -0.15) is 13.2 Å². The van der Waals surface area contributed by atoms with E-state index in [4.69, 9.17) is 5.11 Å². The number of pyridine rings is 1. The zero-order valence-corrected chi connectivity index (χ0v) is 11.2. The van der Waals surface area contributed by atoms with Crippen molar-refractivity contribution in [2.75, 3.05) is 18.0 Å². The molecule has 1 heterocycles. The highest BCUT2D eigenvalue weighted by atomic mass is 19.4. The van der Waals surface area contributed by atoms with Gasteiger partial charge < -0.3 is 10.0 Å². The van der Waals surface area contributed by atoms with Crippen LogP contribution in [0.25, 0.3) is 10.9 Å². The summed E-state index contributed by atoms with van der Waals surface area (Å²) >= 11 is 0. The number of carbonyl (C=O) groups is 1. The molecule has 21 heavy (non-hydrogen) atoms. The van der Waals surface area contributed by atoms with Gasteiger partial charge in [-0.05, 0) is 31.2 Å². The van der Waals surface area contributed by atoms with Gasteiger partial charge in [-0.1, -0.05) is 6.07 Å². The van der Waals surface area contributed by atoms with Crippen molar-refractivity contribution >= 4 is 22.7 Å². The SMILES string of the molecule is CCN(CC(F)(F)F)c1ccc2c(C(=O)O)cccc2n1. The minimum atomic E-state index is -4.32. The number of carboxylic acid groups (broad SMARTS) is 1. The zero-order chi connectivity index (χ0) is 15.6. The summed E-state index contributed by atoms with van der Waals surface area (Å²) in [5.74, 6) is -0.928. The summed E-state index contributed by atoms with van der Waals surface area (Å²) in [5.41, 5.74) is 0.429. The van der Waals surface area contributed by atoms with Crippen LogP contribution in [0.2, 0.25) is 0 Å². The highest BCUT2D eigenvalue weighted by Gasteiger charge is 2.30. The number of nitrogens with zero attached hydrogens (tertiary/aromatic N) is 2. The van der Waals surface area contributed by atoms with E-state index in [-0.39, 0.29) is 17.9 Å². The van der Waals surface area contributed by atoms with Gasteiger partial charge in [0.1, 0.15) is 12.4 Å². The van der Waals surface area contributed by atoms with Crippen LogP contribution in [0.4, 0.5) is 19.0 Å². The van der Waals surface area contributed by atoms with Gasteiger partial charge in [-0.3, -0.25) is 0 Å². The Labute approximate surface area is 118 Å². The third-order valence-corrected chi connectivity index (χ3v) is 3.02. The number of rotatable bonds is 4. The summed E-state index contributed by atoms with van der Waals surface area (Å²) in [6, 6.07) is 7.42. The lowest BCUT2D eigenvalue weighted by molar-refractivity contribution is -0.119. The molecule has 112 valence electrons. The smallest absolute Gasteiger partial charge is 0.405 e. The van der Waals surface area contributed by atoms with Crippen molar-refractivity contribution < 1.29 is 23.1 Å². The predicted octanol–water partition coefficient (Wildman–Crippen LogP) is 3.32. The van der Waals surface area contributed by atoms with Gasteiger partial charge in [0.2, 0.25) is 0 Å². The van der Waals surface area contributed by atoms with Gasteiger partial charge in [0.15, 0.2) is 0 Å². The van der Waals surface area contributed by atoms with Gasteiger partial charge in [0, 0.05) is 11.9 Å². The molecule has 1 aromatic heterocycles. The lowest BCUT2D eigenvalue weighted by Crippen LogP contribution is -2.34. The third-order valence-electron chi connectivity index (χ3n) is 3.02. The lowest BCUT2D eigenvalue weighted by Gasteiger charge is -2.23. The first-order valence-corrected chi connectivity index (χ1v) is 6.26. The third kappa shape index (κ3) is 3.42. The van der Waals surface area contributed by atoms with Crippen LogP contribution in [0.5, 0.6) is 0 Å². The quantitative estimate of drug-likeness (QED) is 0.940. The Hall–Kier alpha value is -2.31. The van der Waals surface area contributed by atoms with Crippen LogP contribution >= 0.6 is 0 Å². The van der Waals surface area contributed by atoms with Crippen LogP contribution < -0.4 is 4.90 Å². The predicted molar refractivity (Wildman–Crippen MR) is 72.6 cm³/mol. The molecule has 2 rings (SSSR count). The van der Waals surface area contributed by atoms with Gasteiger partial charge >= 0.3 is 12.1 Å². The average Bonchev–Trinajstić information content (AvgIpc) is 2.42. The highest BCUT2D eigenvalue weighted by molar-refractivity contribution is 6.02. The molecule has 0 saturated heterocycles. The summed E-state index contributed by atoms with van der Waals surface area (Å²) in [6.45, 7) is 0.655. The van der Waals surface area contributed by atoms with Gasteiger partial charge in [-0.15, -0.1) is 0 Å². The molecule has 0 aliphatic carbocycles. The van der Waals surface area contributed by atoms with E-state index in [1.165, 1.54) is 24.3 Å². The summed E-state index contributed by atoms with van der Waals surface area (Å²) in [5, 5.41) is 9.47. The first-order valence-electron chi connectivity index (χ1n) is 6.26. The second-order valence-corrected chi connectivity index (χ2v) is 4.48. The normalized spacial score (nSPS) is 11.6. The van der Waals surface area contributed by atoms with Crippen LogP contribution in [0.3, 0.4) is 0 Å². The van der Waals surface area contributed by atoms with Crippen LogP contribution in [0.15, 0.2) is 30.3 Å². The number of hydrogen-bond acceptors (Lipinski definition) is 3. The Morgan fingerprint density at radius 1 is 1.29 bits per heavy atom. The molecule has 0 unspecified atom stereocenters. The van der Waals surface area contributed by atoms with E-state index in [1.807, 2.05) is 0 Å². The number of aromatic carboxylic acids is 1. The van der Waals surface area contributed by atoms with E-state index in [9.17, 15) is 18.0 Å². The van der Waals surface area contributed by atoms with Crippen molar-refractivity contribution in [1.29, 1.82) is 0 Å². The number of alkyl halides is 3. The molecular formula is C14H13F3N2O2. The summed E-state index contributed by atoms with van der Waals surface area (Å²) in [7, 11) is 0. The standard InChI is InChI=1S/C14H13F3N2O2/c1-2-19(8-14(15,16)17)12-7-6-9-10(13(20)21)4-3-5-11(9)18-12/h3-7H,2,8H2,1H3,(H,20,21). The Morgan fingerprint density at radius 3 is 2.57 bits per heavy atom. The largest absolute Gasteiger partial charge is 0.478 e. The molecule has 0 saturated carbocycles. The van der Waals surface area contributed by atoms with E-state index >= 15 is 0 Å². The first-order chi connectivity index (χ1) is 9.81. The average molecular weight is 298 g/mol. The van der Waals surface area contributed by atoms with E-state index in [1.54, 1.807) is 13.0 Å². The van der Waals surface area contributed by atoms with E-state index in [2.05, 4.69) is 4.98 Å². The van der Waals surface area contributed by atoms with Crippen LogP contribution in [-0.2, 0) is 0 Å². The van der Waals surface area contributed by atoms with Crippen molar-refractivity contribution in [3.8, 4) is 0 Å². The fraction of sp³-hybridized carbons (Fsp3) is 0.286. The van der Waals surface area contributed by atoms with E-state index in [0.29, 0.717) is 10.9 Å². The Kier molecular flexibility index (Phi) is 4.02. The summed E-state index contributed by atoms with van der Waals surface area (Å²) in [4.78, 5) is 16.3. The van der Waals surface area contributed by atoms with Crippen molar-refractivity contribution in [2.45, 2.75) is 13.1 Å². The van der Waals surface area contributed by atoms with Gasteiger partial charge in [0.05, 0.1) is 11.1 Å². The Morgan fingerprint density at radius 2 is 2.00 bits per heavy atom. The fourth-order valence-electron chi connectivity index (χ4n) is 2.08. The number of fused-ring (bicyclic) bond motifs is 1. The first kappa shape index (κ1) is 15.1. The molecule has 1 aromatic carbocycles. The van der Waals surface area contributed by atoms with Crippen molar-refractivity contribution in [3.63, 3.8) is 0 Å². The molecule has 0 fully saturated rings. The molecule has 7 heteroatoms. The summed E-state index contributed by atoms with van der Waals surface area (Å²) in [6.07, 6.45) is -4.32. The highest BCUT2D eigenvalue weighted by Crippen LogP contribution is 2.24. The molecule has 0 amide bonds. The molecule has 4 nitrogen and oxygen atoms in total. The number of hydrogen-bond donors (Lipinski definition) is 1. The number of anilines is 1. The van der Waals surface area contributed by atoms with Crippen LogP contribution in [0.1, 0.15) is 17.3 Å². The fourth-order valence-corrected chi connectivity index (χ4v) is 2.08. The molecule has 0 radical (unpaired) electrons. The van der Waals surface area contributed by atoms with Gasteiger partial charge in [0.25, 0.3) is 0 Å². The topological polar surface area (TPSA) is 53.4 Å². The minimum Gasteiger partial charge on any atom is -0.478 e. The van der Waals surface area contributed by atoms with Crippen LogP contribution in [-0.4, -0.2) is 35.3 Å². The molecule has 0 aliphatic heterocycles. The molecule has 0 bridgehead atoms. The Bertz CT molecular complexity index is 671. The van der Waals surface area contributed by atoms with E-state index < -0.39 is 18.7 Å². The maximum absolute atomic E-state index is 12.5. The maximum atomic E-state index is 12.5. The minimum absolute atomic E-state index is 0.0745. The van der Waals surface area contributed by atoms with Crippen molar-refractivity contribution in [1.82, 2.24) is 4.98 Å².